The normalized spacial score (nSPS) is 12.3. The van der Waals surface area contributed by atoms with Gasteiger partial charge in [0.25, 0.3) is 0 Å². The highest BCUT2D eigenvalue weighted by Crippen LogP contribution is 2.00. The highest BCUT2D eigenvalue weighted by atomic mass is 35.5. The van der Waals surface area contributed by atoms with Crippen molar-refractivity contribution in [1.82, 2.24) is 0 Å². The van der Waals surface area contributed by atoms with Crippen molar-refractivity contribution in [3.05, 3.63) is 12.2 Å². The van der Waals surface area contributed by atoms with Crippen LogP contribution in [0.1, 0.15) is 6.92 Å². The first kappa shape index (κ1) is 9.46. The molecule has 0 aliphatic carbocycles. The van der Waals surface area contributed by atoms with Crippen LogP contribution in [-0.4, -0.2) is 18.1 Å². The number of carbonyl (C=O) groups is 1. The number of esters is 1. The molecule has 0 rings (SSSR count). The first-order valence-electron chi connectivity index (χ1n) is 2.78. The van der Waals surface area contributed by atoms with Crippen molar-refractivity contribution in [2.75, 3.05) is 6.54 Å². The maximum atomic E-state index is 10.7. The Kier molecular flexibility index (Phi) is 4.07. The summed E-state index contributed by atoms with van der Waals surface area (Å²) in [6.45, 7) is 5.02. The topological polar surface area (TPSA) is 52.3 Å². The smallest absolute Gasteiger partial charge is 0.334 e. The standard InChI is InChI=1S/C6H10ClNO2/c1-4(2)6(9)10-5(7)3-8/h5H,1,3,8H2,2H3. The first-order valence-corrected chi connectivity index (χ1v) is 3.22. The molecular formula is C6H10ClNO2. The third-order valence-corrected chi connectivity index (χ3v) is 1.04. The van der Waals surface area contributed by atoms with Crippen LogP contribution in [0.4, 0.5) is 0 Å². The Balaban J connectivity index is 3.68. The average Bonchev–Trinajstić information content (AvgIpc) is 1.87. The minimum absolute atomic E-state index is 0.112. The lowest BCUT2D eigenvalue weighted by Crippen LogP contribution is -2.21. The molecule has 0 saturated carbocycles. The molecule has 2 N–H and O–H groups in total. The summed E-state index contributed by atoms with van der Waals surface area (Å²) >= 11 is 5.40. The molecule has 0 heterocycles. The van der Waals surface area contributed by atoms with Crippen LogP contribution in [0.25, 0.3) is 0 Å². The molecule has 0 bridgehead atoms. The van der Waals surface area contributed by atoms with Crippen molar-refractivity contribution in [3.63, 3.8) is 0 Å². The van der Waals surface area contributed by atoms with E-state index in [1.807, 2.05) is 0 Å². The molecule has 1 unspecified atom stereocenters. The molecule has 3 nitrogen and oxygen atoms in total. The van der Waals surface area contributed by atoms with Gasteiger partial charge in [-0.3, -0.25) is 0 Å². The molecule has 0 spiro atoms. The van der Waals surface area contributed by atoms with Gasteiger partial charge >= 0.3 is 5.97 Å². The van der Waals surface area contributed by atoms with E-state index in [0.29, 0.717) is 5.57 Å². The predicted octanol–water partition coefficient (Wildman–Crippen LogP) is 0.629. The molecular weight excluding hydrogens is 154 g/mol. The van der Waals surface area contributed by atoms with Gasteiger partial charge in [0.2, 0.25) is 0 Å². The summed E-state index contributed by atoms with van der Waals surface area (Å²) < 4.78 is 4.56. The number of hydrogen-bond donors (Lipinski definition) is 1. The Morgan fingerprint density at radius 2 is 2.40 bits per heavy atom. The van der Waals surface area contributed by atoms with Gasteiger partial charge in [0.15, 0.2) is 5.56 Å². The Labute approximate surface area is 64.8 Å². The van der Waals surface area contributed by atoms with Gasteiger partial charge in [-0.2, -0.15) is 0 Å². The Bertz CT molecular complexity index is 147. The zero-order chi connectivity index (χ0) is 8.15. The molecule has 0 amide bonds. The van der Waals surface area contributed by atoms with Crippen molar-refractivity contribution < 1.29 is 9.53 Å². The summed E-state index contributed by atoms with van der Waals surface area (Å²) in [5.74, 6) is -0.509. The van der Waals surface area contributed by atoms with Crippen LogP contribution >= 0.6 is 11.6 Å². The number of alkyl halides is 1. The summed E-state index contributed by atoms with van der Waals surface area (Å²) in [6, 6.07) is 0. The molecule has 0 fully saturated rings. The fourth-order valence-electron chi connectivity index (χ4n) is 0.265. The summed E-state index contributed by atoms with van der Waals surface area (Å²) in [5.41, 5.74) is 4.65. The number of carbonyl (C=O) groups excluding carboxylic acids is 1. The van der Waals surface area contributed by atoms with Crippen LogP contribution in [0.2, 0.25) is 0 Å². The van der Waals surface area contributed by atoms with E-state index < -0.39 is 11.5 Å². The fraction of sp³-hybridized carbons (Fsp3) is 0.500. The van der Waals surface area contributed by atoms with E-state index in [1.54, 1.807) is 6.92 Å². The molecule has 0 aromatic rings. The van der Waals surface area contributed by atoms with Crippen LogP contribution in [0.3, 0.4) is 0 Å². The maximum Gasteiger partial charge on any atom is 0.334 e. The predicted molar refractivity (Wildman–Crippen MR) is 39.6 cm³/mol. The largest absolute Gasteiger partial charge is 0.441 e. The third kappa shape index (κ3) is 3.48. The van der Waals surface area contributed by atoms with E-state index >= 15 is 0 Å². The van der Waals surface area contributed by atoms with Crippen molar-refractivity contribution >= 4 is 17.6 Å². The Morgan fingerprint density at radius 1 is 1.90 bits per heavy atom. The lowest BCUT2D eigenvalue weighted by molar-refractivity contribution is -0.140. The molecule has 0 aromatic carbocycles. The molecule has 0 radical (unpaired) electrons. The second kappa shape index (κ2) is 4.30. The van der Waals surface area contributed by atoms with Gasteiger partial charge in [0, 0.05) is 12.1 Å². The highest BCUT2D eigenvalue weighted by molar-refractivity contribution is 6.20. The molecule has 4 heteroatoms. The minimum Gasteiger partial charge on any atom is -0.441 e. The summed E-state index contributed by atoms with van der Waals surface area (Å²) in [5, 5.41) is 0. The maximum absolute atomic E-state index is 10.7. The van der Waals surface area contributed by atoms with Gasteiger partial charge in [0.05, 0.1) is 0 Å². The van der Waals surface area contributed by atoms with E-state index in [9.17, 15) is 4.79 Å². The van der Waals surface area contributed by atoms with Gasteiger partial charge in [0.1, 0.15) is 0 Å². The highest BCUT2D eigenvalue weighted by Gasteiger charge is 2.08. The summed E-state index contributed by atoms with van der Waals surface area (Å²) in [6.07, 6.45) is 0. The fourth-order valence-corrected chi connectivity index (χ4v) is 0.346. The third-order valence-electron chi connectivity index (χ3n) is 0.769. The molecule has 0 saturated heterocycles. The van der Waals surface area contributed by atoms with Crippen LogP contribution in [0.15, 0.2) is 12.2 Å². The van der Waals surface area contributed by atoms with Gasteiger partial charge < -0.3 is 10.5 Å². The molecule has 0 aliphatic rings. The van der Waals surface area contributed by atoms with Crippen LogP contribution < -0.4 is 5.73 Å². The number of hydrogen-bond acceptors (Lipinski definition) is 3. The molecule has 0 aromatic heterocycles. The number of halogens is 1. The summed E-state index contributed by atoms with van der Waals surface area (Å²) in [7, 11) is 0. The lowest BCUT2D eigenvalue weighted by Gasteiger charge is -2.07. The van der Waals surface area contributed by atoms with E-state index in [-0.39, 0.29) is 6.54 Å². The van der Waals surface area contributed by atoms with E-state index in [1.165, 1.54) is 0 Å². The molecule has 58 valence electrons. The zero-order valence-corrected chi connectivity index (χ0v) is 6.52. The summed E-state index contributed by atoms with van der Waals surface area (Å²) in [4.78, 5) is 10.7. The minimum atomic E-state index is -0.746. The van der Waals surface area contributed by atoms with Crippen molar-refractivity contribution in [1.29, 1.82) is 0 Å². The van der Waals surface area contributed by atoms with E-state index in [2.05, 4.69) is 11.3 Å². The second-order valence-electron chi connectivity index (χ2n) is 1.83. The van der Waals surface area contributed by atoms with Gasteiger partial charge in [-0.15, -0.1) is 0 Å². The van der Waals surface area contributed by atoms with Gasteiger partial charge in [-0.1, -0.05) is 18.2 Å². The van der Waals surface area contributed by atoms with Crippen LogP contribution in [-0.2, 0) is 9.53 Å². The number of ether oxygens (including phenoxy) is 1. The molecule has 1 atom stereocenters. The van der Waals surface area contributed by atoms with Crippen molar-refractivity contribution in [2.24, 2.45) is 5.73 Å². The first-order chi connectivity index (χ1) is 4.57. The van der Waals surface area contributed by atoms with Crippen LogP contribution in [0.5, 0.6) is 0 Å². The average molecular weight is 164 g/mol. The quantitative estimate of drug-likeness (QED) is 0.377. The van der Waals surface area contributed by atoms with E-state index in [4.69, 9.17) is 17.3 Å². The zero-order valence-electron chi connectivity index (χ0n) is 5.76. The monoisotopic (exact) mass is 163 g/mol. The second-order valence-corrected chi connectivity index (χ2v) is 2.32. The Morgan fingerprint density at radius 3 is 2.70 bits per heavy atom. The SMILES string of the molecule is C=C(C)C(=O)OC(Cl)CN. The molecule has 10 heavy (non-hydrogen) atoms. The number of nitrogens with two attached hydrogens (primary N) is 1. The van der Waals surface area contributed by atoms with Gasteiger partial charge in [-0.05, 0) is 6.92 Å². The lowest BCUT2D eigenvalue weighted by atomic mass is 10.4. The Hall–Kier alpha value is -0.540. The van der Waals surface area contributed by atoms with Gasteiger partial charge in [-0.25, -0.2) is 4.79 Å². The number of rotatable bonds is 3. The van der Waals surface area contributed by atoms with E-state index in [0.717, 1.165) is 0 Å². The molecule has 0 aliphatic heterocycles. The van der Waals surface area contributed by atoms with Crippen molar-refractivity contribution in [3.8, 4) is 0 Å². The van der Waals surface area contributed by atoms with Crippen molar-refractivity contribution in [2.45, 2.75) is 12.5 Å². The van der Waals surface area contributed by atoms with Crippen LogP contribution in [0, 0.1) is 0 Å².